The van der Waals surface area contributed by atoms with Gasteiger partial charge >= 0.3 is 0 Å². The van der Waals surface area contributed by atoms with Crippen LogP contribution in [-0.4, -0.2) is 43.5 Å². The molecule has 0 unspecified atom stereocenters. The van der Waals surface area contributed by atoms with Crippen molar-refractivity contribution in [2.24, 2.45) is 0 Å². The molecule has 1 N–H and O–H groups in total. The van der Waals surface area contributed by atoms with Crippen molar-refractivity contribution < 1.29 is 4.79 Å². The summed E-state index contributed by atoms with van der Waals surface area (Å²) in [6, 6.07) is 8.29. The summed E-state index contributed by atoms with van der Waals surface area (Å²) in [7, 11) is 0. The molecule has 0 saturated carbocycles. The van der Waals surface area contributed by atoms with Crippen molar-refractivity contribution in [1.82, 2.24) is 4.90 Å². The van der Waals surface area contributed by atoms with Crippen LogP contribution in [0.1, 0.15) is 25.7 Å². The number of piperidine rings is 1. The molecule has 2 aliphatic heterocycles. The number of anilines is 2. The van der Waals surface area contributed by atoms with Crippen molar-refractivity contribution >= 4 is 17.3 Å². The third-order valence-electron chi connectivity index (χ3n) is 4.20. The molecule has 1 aromatic rings. The number of hydrogen-bond acceptors (Lipinski definition) is 3. The second kappa shape index (κ2) is 6.16. The summed E-state index contributed by atoms with van der Waals surface area (Å²) in [6.45, 7) is 4.31. The van der Waals surface area contributed by atoms with Crippen LogP contribution in [0.3, 0.4) is 0 Å². The van der Waals surface area contributed by atoms with Crippen LogP contribution in [0.15, 0.2) is 24.3 Å². The number of nitrogens with one attached hydrogen (secondary N) is 1. The minimum absolute atomic E-state index is 0.279. The van der Waals surface area contributed by atoms with Crippen LogP contribution in [0, 0.1) is 0 Å². The van der Waals surface area contributed by atoms with Crippen molar-refractivity contribution in [3.05, 3.63) is 24.3 Å². The van der Waals surface area contributed by atoms with Crippen molar-refractivity contribution in [1.29, 1.82) is 0 Å². The average molecular weight is 273 g/mol. The van der Waals surface area contributed by atoms with Crippen LogP contribution < -0.4 is 10.2 Å². The maximum Gasteiger partial charge on any atom is 0.242 e. The number of rotatable bonds is 2. The third kappa shape index (κ3) is 2.89. The summed E-state index contributed by atoms with van der Waals surface area (Å²) < 4.78 is 0. The van der Waals surface area contributed by atoms with E-state index in [2.05, 4.69) is 22.3 Å². The second-order valence-corrected chi connectivity index (χ2v) is 5.66. The summed E-state index contributed by atoms with van der Waals surface area (Å²) >= 11 is 0. The maximum atomic E-state index is 12.5. The molecule has 1 saturated heterocycles. The van der Waals surface area contributed by atoms with Gasteiger partial charge in [0.15, 0.2) is 0 Å². The van der Waals surface area contributed by atoms with Crippen LogP contribution in [0.2, 0.25) is 0 Å². The van der Waals surface area contributed by atoms with Gasteiger partial charge in [-0.1, -0.05) is 12.1 Å². The molecule has 1 aromatic carbocycles. The summed E-state index contributed by atoms with van der Waals surface area (Å²) in [4.78, 5) is 16.7. The van der Waals surface area contributed by atoms with Gasteiger partial charge in [0.2, 0.25) is 5.91 Å². The van der Waals surface area contributed by atoms with Gasteiger partial charge in [0.05, 0.1) is 17.9 Å². The molecular weight excluding hydrogens is 250 g/mol. The van der Waals surface area contributed by atoms with Crippen molar-refractivity contribution in [3.8, 4) is 0 Å². The second-order valence-electron chi connectivity index (χ2n) is 5.66. The Morgan fingerprint density at radius 2 is 1.85 bits per heavy atom. The van der Waals surface area contributed by atoms with E-state index in [0.29, 0.717) is 6.54 Å². The molecule has 1 amide bonds. The number of fused-ring (bicyclic) bond motifs is 1. The molecule has 0 spiro atoms. The number of benzene rings is 1. The van der Waals surface area contributed by atoms with E-state index in [4.69, 9.17) is 0 Å². The van der Waals surface area contributed by atoms with Gasteiger partial charge in [-0.05, 0) is 37.8 Å². The van der Waals surface area contributed by atoms with Gasteiger partial charge in [-0.25, -0.2) is 0 Å². The lowest BCUT2D eigenvalue weighted by Gasteiger charge is -2.30. The molecule has 2 aliphatic rings. The van der Waals surface area contributed by atoms with E-state index in [1.807, 2.05) is 17.0 Å². The minimum Gasteiger partial charge on any atom is -0.383 e. The lowest BCUT2D eigenvalue weighted by atomic mass is 10.1. The van der Waals surface area contributed by atoms with Crippen LogP contribution >= 0.6 is 0 Å². The van der Waals surface area contributed by atoms with Crippen LogP contribution in [-0.2, 0) is 4.79 Å². The Morgan fingerprint density at radius 3 is 2.70 bits per heavy atom. The van der Waals surface area contributed by atoms with Gasteiger partial charge in [0.1, 0.15) is 0 Å². The minimum atomic E-state index is 0.279. The largest absolute Gasteiger partial charge is 0.383 e. The third-order valence-corrected chi connectivity index (χ3v) is 4.20. The molecule has 4 nitrogen and oxygen atoms in total. The highest BCUT2D eigenvalue weighted by atomic mass is 16.2. The van der Waals surface area contributed by atoms with E-state index in [0.717, 1.165) is 56.8 Å². The zero-order chi connectivity index (χ0) is 13.8. The van der Waals surface area contributed by atoms with Crippen LogP contribution in [0.25, 0.3) is 0 Å². The molecule has 0 atom stereocenters. The molecule has 1 fully saturated rings. The first kappa shape index (κ1) is 13.3. The van der Waals surface area contributed by atoms with Gasteiger partial charge in [0.25, 0.3) is 0 Å². The normalized spacial score (nSPS) is 19.0. The summed E-state index contributed by atoms with van der Waals surface area (Å²) in [5.74, 6) is 0.279. The Kier molecular flexibility index (Phi) is 4.09. The van der Waals surface area contributed by atoms with Crippen molar-refractivity contribution in [3.63, 3.8) is 0 Å². The lowest BCUT2D eigenvalue weighted by Crippen LogP contribution is -2.43. The van der Waals surface area contributed by atoms with E-state index in [1.165, 1.54) is 6.42 Å². The highest BCUT2D eigenvalue weighted by Gasteiger charge is 2.21. The van der Waals surface area contributed by atoms with Crippen molar-refractivity contribution in [2.45, 2.75) is 25.7 Å². The zero-order valence-corrected chi connectivity index (χ0v) is 12.0. The number of amides is 1. The highest BCUT2D eigenvalue weighted by Crippen LogP contribution is 2.27. The van der Waals surface area contributed by atoms with E-state index in [-0.39, 0.29) is 5.91 Å². The standard InChI is InChI=1S/C16H23N3O/c20-16(18-10-4-1-5-11-18)13-19-12-6-9-17-14-7-2-3-8-15(14)19/h2-3,7-8,17H,1,4-6,9-13H2. The molecule has 0 bridgehead atoms. The highest BCUT2D eigenvalue weighted by molar-refractivity contribution is 5.83. The molecular formula is C16H23N3O. The first-order valence-corrected chi connectivity index (χ1v) is 7.70. The van der Waals surface area contributed by atoms with E-state index in [1.54, 1.807) is 0 Å². The molecule has 4 heteroatoms. The van der Waals surface area contributed by atoms with Crippen molar-refractivity contribution in [2.75, 3.05) is 42.9 Å². The quantitative estimate of drug-likeness (QED) is 0.898. The molecule has 0 aliphatic carbocycles. The molecule has 2 heterocycles. The van der Waals surface area contributed by atoms with Gasteiger partial charge in [-0.15, -0.1) is 0 Å². The maximum absolute atomic E-state index is 12.5. The molecule has 108 valence electrons. The van der Waals surface area contributed by atoms with Gasteiger partial charge in [-0.2, -0.15) is 0 Å². The summed E-state index contributed by atoms with van der Waals surface area (Å²) in [5, 5.41) is 3.44. The fourth-order valence-electron chi connectivity index (χ4n) is 3.08. The number of nitrogens with zero attached hydrogens (tertiary/aromatic N) is 2. The Bertz CT molecular complexity index is 469. The van der Waals surface area contributed by atoms with Gasteiger partial charge in [0, 0.05) is 26.2 Å². The number of likely N-dealkylation sites (tertiary alicyclic amines) is 1. The number of hydrogen-bond donors (Lipinski definition) is 1. The zero-order valence-electron chi connectivity index (χ0n) is 12.0. The first-order chi connectivity index (χ1) is 9.84. The Hall–Kier alpha value is -1.71. The number of carbonyl (C=O) groups excluding carboxylic acids is 1. The van der Waals surface area contributed by atoms with E-state index < -0.39 is 0 Å². The fraction of sp³-hybridized carbons (Fsp3) is 0.562. The summed E-state index contributed by atoms with van der Waals surface area (Å²) in [5.41, 5.74) is 2.31. The Labute approximate surface area is 120 Å². The van der Waals surface area contributed by atoms with E-state index >= 15 is 0 Å². The number of carbonyl (C=O) groups is 1. The SMILES string of the molecule is O=C(CN1CCCNc2ccccc21)N1CCCCC1. The molecule has 0 radical (unpaired) electrons. The van der Waals surface area contributed by atoms with Gasteiger partial charge in [-0.3, -0.25) is 4.79 Å². The average Bonchev–Trinajstić information content (AvgIpc) is 2.71. The molecule has 20 heavy (non-hydrogen) atoms. The van der Waals surface area contributed by atoms with Crippen LogP contribution in [0.5, 0.6) is 0 Å². The fourth-order valence-corrected chi connectivity index (χ4v) is 3.08. The van der Waals surface area contributed by atoms with E-state index in [9.17, 15) is 4.79 Å². The molecule has 0 aromatic heterocycles. The smallest absolute Gasteiger partial charge is 0.242 e. The lowest BCUT2D eigenvalue weighted by molar-refractivity contribution is -0.130. The summed E-state index contributed by atoms with van der Waals surface area (Å²) in [6.07, 6.45) is 4.65. The Morgan fingerprint density at radius 1 is 1.05 bits per heavy atom. The predicted molar refractivity (Wildman–Crippen MR) is 82.2 cm³/mol. The topological polar surface area (TPSA) is 35.6 Å². The first-order valence-electron chi connectivity index (χ1n) is 7.70. The Balaban J connectivity index is 1.71. The van der Waals surface area contributed by atoms with Crippen LogP contribution in [0.4, 0.5) is 11.4 Å². The molecule has 3 rings (SSSR count). The van der Waals surface area contributed by atoms with Gasteiger partial charge < -0.3 is 15.1 Å². The monoisotopic (exact) mass is 273 g/mol. The predicted octanol–water partition coefficient (Wildman–Crippen LogP) is 2.32. The number of para-hydroxylation sites is 2.